The molecule has 0 heterocycles. The molecule has 1 saturated carbocycles. The smallest absolute Gasteiger partial charge is 0.475 e. The molecule has 0 aromatic heterocycles. The first kappa shape index (κ1) is 30.7. The summed E-state index contributed by atoms with van der Waals surface area (Å²) < 4.78 is 60.3. The summed E-state index contributed by atoms with van der Waals surface area (Å²) >= 11 is 0. The Labute approximate surface area is 231 Å². The van der Waals surface area contributed by atoms with Crippen LogP contribution in [0.15, 0.2) is 71.6 Å². The molecule has 0 aliphatic heterocycles. The van der Waals surface area contributed by atoms with Gasteiger partial charge in [0.2, 0.25) is 5.91 Å². The number of halogens is 3. The van der Waals surface area contributed by atoms with Crippen LogP contribution in [0.2, 0.25) is 0 Å². The normalized spacial score (nSPS) is 13.9. The molecular weight excluding hydrogens is 545 g/mol. The first-order chi connectivity index (χ1) is 18.7. The van der Waals surface area contributed by atoms with Gasteiger partial charge in [-0.3, -0.25) is 9.52 Å². The predicted molar refractivity (Wildman–Crippen MR) is 146 cm³/mol. The summed E-state index contributed by atoms with van der Waals surface area (Å²) in [7, 11) is -3.70. The van der Waals surface area contributed by atoms with Crippen LogP contribution in [0.3, 0.4) is 0 Å². The number of carbonyl (C=O) groups is 2. The number of hydrogen-bond donors (Lipinski definition) is 3. The van der Waals surface area contributed by atoms with Crippen LogP contribution >= 0.6 is 0 Å². The Morgan fingerprint density at radius 2 is 1.45 bits per heavy atom. The zero-order chi connectivity index (χ0) is 29.7. The van der Waals surface area contributed by atoms with Crippen molar-refractivity contribution in [2.45, 2.75) is 56.5 Å². The molecular formula is C29H31F3N2O5S. The van der Waals surface area contributed by atoms with Crippen molar-refractivity contribution >= 4 is 27.6 Å². The third-order valence-corrected chi connectivity index (χ3v) is 8.26. The third kappa shape index (κ3) is 7.62. The molecule has 1 amide bonds. The van der Waals surface area contributed by atoms with Gasteiger partial charge in [-0.1, -0.05) is 48.5 Å². The number of carboxylic acid groups (broad SMARTS) is 1. The lowest BCUT2D eigenvalue weighted by Gasteiger charge is -2.17. The van der Waals surface area contributed by atoms with E-state index in [0.717, 1.165) is 36.0 Å². The van der Waals surface area contributed by atoms with Gasteiger partial charge in [-0.25, -0.2) is 13.2 Å². The van der Waals surface area contributed by atoms with E-state index in [4.69, 9.17) is 9.90 Å². The van der Waals surface area contributed by atoms with E-state index in [-0.39, 0.29) is 10.8 Å². The quantitative estimate of drug-likeness (QED) is 0.331. The number of amides is 1. The molecule has 11 heteroatoms. The SMILES string of the molecule is Cc1cc(C)c(S(=O)(=O)Nc2ccc(C3(C(=O)NCCc4ccccc4)CC3)cc2)cc1C.O=C(O)C(F)(F)F. The number of rotatable bonds is 8. The van der Waals surface area contributed by atoms with Crippen molar-refractivity contribution < 1.29 is 36.3 Å². The molecule has 4 rings (SSSR count). The first-order valence-electron chi connectivity index (χ1n) is 12.5. The number of aryl methyl sites for hydroxylation is 3. The highest BCUT2D eigenvalue weighted by Gasteiger charge is 2.51. The fraction of sp³-hybridized carbons (Fsp3) is 0.310. The van der Waals surface area contributed by atoms with Crippen LogP contribution in [0.5, 0.6) is 0 Å². The van der Waals surface area contributed by atoms with Gasteiger partial charge >= 0.3 is 12.1 Å². The third-order valence-electron chi connectivity index (χ3n) is 6.74. The summed E-state index contributed by atoms with van der Waals surface area (Å²) in [6.07, 6.45) is -2.69. The molecule has 0 spiro atoms. The molecule has 0 atom stereocenters. The maximum atomic E-state index is 12.9. The van der Waals surface area contributed by atoms with E-state index in [1.807, 2.05) is 50.2 Å². The van der Waals surface area contributed by atoms with Crippen LogP contribution < -0.4 is 10.0 Å². The maximum Gasteiger partial charge on any atom is 0.490 e. The second kappa shape index (κ2) is 12.1. The Morgan fingerprint density at radius 1 is 0.900 bits per heavy atom. The van der Waals surface area contributed by atoms with Crippen LogP contribution in [0.4, 0.5) is 18.9 Å². The number of anilines is 1. The summed E-state index contributed by atoms with van der Waals surface area (Å²) in [5, 5.41) is 10.2. The van der Waals surface area contributed by atoms with Gasteiger partial charge in [0, 0.05) is 12.2 Å². The summed E-state index contributed by atoms with van der Waals surface area (Å²) in [6.45, 7) is 6.27. The van der Waals surface area contributed by atoms with E-state index < -0.39 is 27.6 Å². The van der Waals surface area contributed by atoms with E-state index >= 15 is 0 Å². The molecule has 1 aliphatic carbocycles. The second-order valence-electron chi connectivity index (χ2n) is 9.76. The minimum absolute atomic E-state index is 0.0394. The van der Waals surface area contributed by atoms with E-state index in [1.54, 1.807) is 25.1 Å². The number of carbonyl (C=O) groups excluding carboxylic acids is 1. The molecule has 1 fully saturated rings. The van der Waals surface area contributed by atoms with Gasteiger partial charge in [-0.15, -0.1) is 0 Å². The minimum atomic E-state index is -5.08. The predicted octanol–water partition coefficient (Wildman–Crippen LogP) is 5.44. The molecule has 0 saturated heterocycles. The highest BCUT2D eigenvalue weighted by molar-refractivity contribution is 7.92. The van der Waals surface area contributed by atoms with Gasteiger partial charge in [0.25, 0.3) is 10.0 Å². The number of nitrogens with one attached hydrogen (secondary N) is 2. The standard InChI is InChI=1S/C27H30N2O3S.C2HF3O2/c1-19-17-21(3)25(18-20(19)2)33(31,32)29-24-11-9-23(10-12-24)27(14-15-27)26(30)28-16-13-22-7-5-4-6-8-22;3-2(4,5)1(6)7/h4-12,17-18,29H,13-16H2,1-3H3,(H,28,30);(H,6,7). The van der Waals surface area contributed by atoms with Gasteiger partial charge in [0.05, 0.1) is 10.3 Å². The van der Waals surface area contributed by atoms with Crippen molar-refractivity contribution in [3.63, 3.8) is 0 Å². The van der Waals surface area contributed by atoms with Crippen molar-refractivity contribution in [3.05, 3.63) is 94.5 Å². The fourth-order valence-corrected chi connectivity index (χ4v) is 5.57. The van der Waals surface area contributed by atoms with Crippen LogP contribution in [0.25, 0.3) is 0 Å². The molecule has 3 aromatic carbocycles. The molecule has 214 valence electrons. The molecule has 1 aliphatic rings. The van der Waals surface area contributed by atoms with Crippen LogP contribution in [-0.2, 0) is 31.4 Å². The number of sulfonamides is 1. The topological polar surface area (TPSA) is 113 Å². The zero-order valence-electron chi connectivity index (χ0n) is 22.3. The number of aliphatic carboxylic acids is 1. The first-order valence-corrected chi connectivity index (χ1v) is 14.0. The largest absolute Gasteiger partial charge is 0.490 e. The molecule has 0 bridgehead atoms. The van der Waals surface area contributed by atoms with Crippen LogP contribution in [0.1, 0.15) is 40.7 Å². The van der Waals surface area contributed by atoms with Gasteiger partial charge in [-0.05, 0) is 86.1 Å². The average Bonchev–Trinajstić information content (AvgIpc) is 3.69. The van der Waals surface area contributed by atoms with Crippen LogP contribution in [-0.4, -0.2) is 38.1 Å². The highest BCUT2D eigenvalue weighted by Crippen LogP contribution is 2.48. The van der Waals surface area contributed by atoms with Gasteiger partial charge in [0.1, 0.15) is 0 Å². The minimum Gasteiger partial charge on any atom is -0.475 e. The Balaban J connectivity index is 0.000000559. The lowest BCUT2D eigenvalue weighted by Crippen LogP contribution is -2.35. The number of carboxylic acids is 1. The lowest BCUT2D eigenvalue weighted by molar-refractivity contribution is -0.192. The van der Waals surface area contributed by atoms with Crippen molar-refractivity contribution in [3.8, 4) is 0 Å². The number of alkyl halides is 3. The average molecular weight is 577 g/mol. The molecule has 7 nitrogen and oxygen atoms in total. The fourth-order valence-electron chi connectivity index (χ4n) is 4.20. The Bertz CT molecular complexity index is 1470. The Kier molecular flexibility index (Phi) is 9.29. The summed E-state index contributed by atoms with van der Waals surface area (Å²) in [5.41, 5.74) is 4.81. The van der Waals surface area contributed by atoms with Crippen molar-refractivity contribution in [1.29, 1.82) is 0 Å². The lowest BCUT2D eigenvalue weighted by atomic mass is 9.94. The summed E-state index contributed by atoms with van der Waals surface area (Å²) in [6, 6.07) is 20.9. The Morgan fingerprint density at radius 3 is 1.98 bits per heavy atom. The maximum absolute atomic E-state index is 12.9. The molecule has 3 N–H and O–H groups in total. The molecule has 0 unspecified atom stereocenters. The highest BCUT2D eigenvalue weighted by atomic mass is 32.2. The van der Waals surface area contributed by atoms with E-state index in [2.05, 4.69) is 22.2 Å². The number of benzene rings is 3. The van der Waals surface area contributed by atoms with E-state index in [9.17, 15) is 26.4 Å². The second-order valence-corrected chi connectivity index (χ2v) is 11.4. The van der Waals surface area contributed by atoms with Crippen molar-refractivity contribution in [2.24, 2.45) is 0 Å². The van der Waals surface area contributed by atoms with E-state index in [1.165, 1.54) is 5.56 Å². The van der Waals surface area contributed by atoms with Crippen molar-refractivity contribution in [2.75, 3.05) is 11.3 Å². The summed E-state index contributed by atoms with van der Waals surface area (Å²) in [4.78, 5) is 22.1. The monoisotopic (exact) mass is 576 g/mol. The summed E-state index contributed by atoms with van der Waals surface area (Å²) in [5.74, 6) is -2.72. The van der Waals surface area contributed by atoms with Gasteiger partial charge < -0.3 is 10.4 Å². The number of hydrogen-bond acceptors (Lipinski definition) is 4. The Hall–Kier alpha value is -3.86. The molecule has 40 heavy (non-hydrogen) atoms. The van der Waals surface area contributed by atoms with Crippen LogP contribution in [0, 0.1) is 20.8 Å². The molecule has 3 aromatic rings. The van der Waals surface area contributed by atoms with E-state index in [0.29, 0.717) is 17.8 Å². The van der Waals surface area contributed by atoms with Gasteiger partial charge in [-0.2, -0.15) is 13.2 Å². The molecule has 0 radical (unpaired) electrons. The van der Waals surface area contributed by atoms with Crippen molar-refractivity contribution in [1.82, 2.24) is 5.32 Å². The zero-order valence-corrected chi connectivity index (χ0v) is 23.1. The van der Waals surface area contributed by atoms with Gasteiger partial charge in [0.15, 0.2) is 0 Å².